The van der Waals surface area contributed by atoms with Gasteiger partial charge in [-0.05, 0) is 29.9 Å². The highest BCUT2D eigenvalue weighted by molar-refractivity contribution is 6.38. The van der Waals surface area contributed by atoms with Crippen LogP contribution < -0.4 is 5.56 Å². The number of hydrogen-bond donors (Lipinski definition) is 1. The maximum Gasteiger partial charge on any atom is 0.259 e. The normalized spacial score (nSPS) is 10.5. The number of hydrogen-bond acceptors (Lipinski definition) is 4. The Balaban J connectivity index is 0.000000201. The molecular formula is C30H29ClN2O3. The van der Waals surface area contributed by atoms with E-state index in [1.807, 2.05) is 50.2 Å². The number of ketones is 2. The second-order valence-electron chi connectivity index (χ2n) is 8.31. The average molecular weight is 501 g/mol. The molecule has 0 saturated heterocycles. The van der Waals surface area contributed by atoms with Crippen LogP contribution in [0.4, 0.5) is 0 Å². The number of halogens is 1. The maximum atomic E-state index is 11.9. The van der Waals surface area contributed by atoms with E-state index in [9.17, 15) is 14.4 Å². The van der Waals surface area contributed by atoms with Gasteiger partial charge in [0.2, 0.25) is 0 Å². The van der Waals surface area contributed by atoms with Crippen molar-refractivity contribution in [2.24, 2.45) is 0 Å². The molecule has 1 N–H and O–H groups in total. The van der Waals surface area contributed by atoms with Gasteiger partial charge in [0, 0.05) is 30.0 Å². The molecule has 0 radical (unpaired) electrons. The van der Waals surface area contributed by atoms with Crippen molar-refractivity contribution in [3.05, 3.63) is 99.4 Å². The number of Topliss-reactive ketones (excluding diaryl/α,β-unsaturated/α-hetero) is 2. The van der Waals surface area contributed by atoms with Crippen LogP contribution in [0.5, 0.6) is 0 Å². The number of aromatic nitrogens is 2. The first-order valence-corrected chi connectivity index (χ1v) is 12.3. The predicted octanol–water partition coefficient (Wildman–Crippen LogP) is 7.67. The molecule has 2 heterocycles. The van der Waals surface area contributed by atoms with E-state index in [-0.39, 0.29) is 22.7 Å². The van der Waals surface area contributed by atoms with Crippen LogP contribution in [-0.4, -0.2) is 21.5 Å². The molecule has 2 aromatic heterocycles. The van der Waals surface area contributed by atoms with Crippen molar-refractivity contribution in [3.63, 3.8) is 0 Å². The summed E-state index contributed by atoms with van der Waals surface area (Å²) < 4.78 is 0. The van der Waals surface area contributed by atoms with E-state index in [1.165, 1.54) is 0 Å². The lowest BCUT2D eigenvalue weighted by molar-refractivity contribution is 0.0973. The number of carbonyl (C=O) groups is 2. The van der Waals surface area contributed by atoms with Crippen LogP contribution in [0.15, 0.2) is 66.6 Å². The largest absolute Gasteiger partial charge is 0.321 e. The van der Waals surface area contributed by atoms with Gasteiger partial charge in [-0.15, -0.1) is 0 Å². The molecule has 0 spiro atoms. The Labute approximate surface area is 215 Å². The van der Waals surface area contributed by atoms with E-state index < -0.39 is 0 Å². The minimum absolute atomic E-state index is 0.0425. The first-order chi connectivity index (χ1) is 17.4. The van der Waals surface area contributed by atoms with Gasteiger partial charge in [-0.3, -0.25) is 19.4 Å². The quantitative estimate of drug-likeness (QED) is 0.252. The summed E-state index contributed by atoms with van der Waals surface area (Å²) >= 11 is 6.31. The van der Waals surface area contributed by atoms with Crippen LogP contribution in [0.2, 0.25) is 5.02 Å². The number of aromatic amines is 1. The Kier molecular flexibility index (Phi) is 9.09. The Hall–Kier alpha value is -3.83. The van der Waals surface area contributed by atoms with Crippen LogP contribution in [0.1, 0.15) is 71.4 Å². The minimum atomic E-state index is -0.324. The number of carbonyl (C=O) groups excluding carboxylic acids is 2. The molecule has 0 amide bonds. The van der Waals surface area contributed by atoms with Crippen LogP contribution in [-0.2, 0) is 0 Å². The van der Waals surface area contributed by atoms with Gasteiger partial charge in [0.15, 0.2) is 11.6 Å². The molecule has 0 fully saturated rings. The average Bonchev–Trinajstić information content (AvgIpc) is 2.88. The third kappa shape index (κ3) is 5.69. The van der Waals surface area contributed by atoms with Crippen LogP contribution >= 0.6 is 11.6 Å². The monoisotopic (exact) mass is 500 g/mol. The molecular weight excluding hydrogens is 472 g/mol. The number of rotatable bonds is 8. The van der Waals surface area contributed by atoms with Gasteiger partial charge in [0.05, 0.1) is 27.2 Å². The van der Waals surface area contributed by atoms with E-state index in [0.29, 0.717) is 23.4 Å². The van der Waals surface area contributed by atoms with Gasteiger partial charge in [-0.2, -0.15) is 0 Å². The van der Waals surface area contributed by atoms with E-state index in [0.717, 1.165) is 45.8 Å². The van der Waals surface area contributed by atoms with Gasteiger partial charge in [0.25, 0.3) is 5.56 Å². The number of H-pyrrole nitrogens is 1. The fraction of sp³-hybridized carbons (Fsp3) is 0.200. The first kappa shape index (κ1) is 26.8. The fourth-order valence-electron chi connectivity index (χ4n) is 3.93. The zero-order chi connectivity index (χ0) is 26.2. The van der Waals surface area contributed by atoms with Gasteiger partial charge in [-0.1, -0.05) is 87.2 Å². The summed E-state index contributed by atoms with van der Waals surface area (Å²) in [4.78, 5) is 42.8. The molecule has 4 aromatic rings. The summed E-state index contributed by atoms with van der Waals surface area (Å²) in [6, 6.07) is 13.0. The summed E-state index contributed by atoms with van der Waals surface area (Å²) in [5, 5.41) is 2.14. The van der Waals surface area contributed by atoms with E-state index in [4.69, 9.17) is 11.6 Å². The predicted molar refractivity (Wildman–Crippen MR) is 150 cm³/mol. The van der Waals surface area contributed by atoms with E-state index in [2.05, 4.69) is 23.1 Å². The Morgan fingerprint density at radius 3 is 2.19 bits per heavy atom. The molecule has 0 unspecified atom stereocenters. The lowest BCUT2D eigenvalue weighted by atomic mass is 10.0. The first-order valence-electron chi connectivity index (χ1n) is 11.9. The van der Waals surface area contributed by atoms with Gasteiger partial charge in [-0.25, -0.2) is 0 Å². The summed E-state index contributed by atoms with van der Waals surface area (Å²) in [7, 11) is 0. The lowest BCUT2D eigenvalue weighted by Gasteiger charge is -2.07. The standard InChI is InChI=1S/C15H14ClNO.C15H15NO2/c1-3-6-13(18)12-9-17-15-10(4-2)7-5-8-11(15)14(12)16;1-3-6-13(17)12-9-11-8-5-7-10(4-2)14(11)16-15(12)18/h4-5,7-9H,2-3,6H2,1H3;4-5,7-9H,2-3,6H2,1H3,(H,16,18). The zero-order valence-corrected chi connectivity index (χ0v) is 21.3. The number of nitrogens with one attached hydrogen (secondary N) is 1. The molecule has 0 aliphatic carbocycles. The van der Waals surface area contributed by atoms with E-state index in [1.54, 1.807) is 24.4 Å². The molecule has 0 aliphatic rings. The van der Waals surface area contributed by atoms with Crippen molar-refractivity contribution >= 4 is 57.1 Å². The smallest absolute Gasteiger partial charge is 0.259 e. The molecule has 0 saturated carbocycles. The Morgan fingerprint density at radius 1 is 0.944 bits per heavy atom. The van der Waals surface area contributed by atoms with Crippen molar-refractivity contribution in [1.29, 1.82) is 0 Å². The highest BCUT2D eigenvalue weighted by atomic mass is 35.5. The third-order valence-electron chi connectivity index (χ3n) is 5.77. The molecule has 0 atom stereocenters. The molecule has 2 aromatic carbocycles. The molecule has 4 rings (SSSR count). The molecule has 184 valence electrons. The van der Waals surface area contributed by atoms with E-state index >= 15 is 0 Å². The molecule has 36 heavy (non-hydrogen) atoms. The van der Waals surface area contributed by atoms with Gasteiger partial charge < -0.3 is 4.98 Å². The summed E-state index contributed by atoms with van der Waals surface area (Å²) in [5.41, 5.74) is 3.71. The molecule has 5 nitrogen and oxygen atoms in total. The number of pyridine rings is 2. The molecule has 6 heteroatoms. The lowest BCUT2D eigenvalue weighted by Crippen LogP contribution is -2.17. The third-order valence-corrected chi connectivity index (χ3v) is 6.18. The zero-order valence-electron chi connectivity index (χ0n) is 20.6. The SMILES string of the molecule is C=Cc1cccc2c(Cl)c(C(=O)CCC)cnc12.C=Cc1cccc2cc(C(=O)CCC)c(=O)[nH]c12. The fourth-order valence-corrected chi connectivity index (χ4v) is 4.24. The Morgan fingerprint density at radius 2 is 1.56 bits per heavy atom. The second-order valence-corrected chi connectivity index (χ2v) is 8.69. The minimum Gasteiger partial charge on any atom is -0.321 e. The van der Waals surface area contributed by atoms with Crippen LogP contribution in [0, 0.1) is 0 Å². The van der Waals surface area contributed by atoms with Crippen molar-refractivity contribution in [2.45, 2.75) is 39.5 Å². The second kappa shape index (κ2) is 12.2. The topological polar surface area (TPSA) is 79.9 Å². The molecule has 0 bridgehead atoms. The number of para-hydroxylation sites is 2. The number of benzene rings is 2. The van der Waals surface area contributed by atoms with Gasteiger partial charge in [0.1, 0.15) is 0 Å². The summed E-state index contributed by atoms with van der Waals surface area (Å²) in [5.74, 6) is -0.0643. The van der Waals surface area contributed by atoms with Crippen molar-refractivity contribution in [2.75, 3.05) is 0 Å². The van der Waals surface area contributed by atoms with Crippen LogP contribution in [0.3, 0.4) is 0 Å². The van der Waals surface area contributed by atoms with Gasteiger partial charge >= 0.3 is 0 Å². The maximum absolute atomic E-state index is 11.9. The van der Waals surface area contributed by atoms with Crippen molar-refractivity contribution < 1.29 is 9.59 Å². The highest BCUT2D eigenvalue weighted by Gasteiger charge is 2.14. The Bertz CT molecular complexity index is 1520. The molecule has 0 aliphatic heterocycles. The van der Waals surface area contributed by atoms with Crippen LogP contribution in [0.25, 0.3) is 34.0 Å². The van der Waals surface area contributed by atoms with Crippen molar-refractivity contribution in [3.8, 4) is 0 Å². The summed E-state index contributed by atoms with van der Waals surface area (Å²) in [6.07, 6.45) is 7.42. The number of fused-ring (bicyclic) bond motifs is 2. The van der Waals surface area contributed by atoms with Crippen molar-refractivity contribution in [1.82, 2.24) is 9.97 Å². The highest BCUT2D eigenvalue weighted by Crippen LogP contribution is 2.29. The summed E-state index contributed by atoms with van der Waals surface area (Å²) in [6.45, 7) is 11.3. The number of nitrogens with zero attached hydrogens (tertiary/aromatic N) is 1.